The van der Waals surface area contributed by atoms with Gasteiger partial charge in [0.1, 0.15) is 46.2 Å². The number of carbonyl (C=O) groups is 2. The molecule has 2 amide bonds. The standard InChI is InChI=1S/C31H32N4O4.C20H29BN2O3.C17H15ClN2O3/c1-18-12-23(13-19(2)38-18)34-26-9-7-20(14-22(26)17-32)24-10-11-33-27-16-29(39-30(24)27)25-8-6-21(15-28(25)37-5)31(36)35(3)4;1-13-9-17(10-14(2)24-13)23-18-8-7-16(11-15(18)12-22)21-25-19(3,4)20(5,6)26-21;1-20(2)17(21)10-4-5-11(14(8-10)22-3)15-9-13-16(23-15)12(18)6-7-19-13/h6-11,14-16,18-19,23,34H,12-13H2,1-5H3;7-8,11,13-14,17,23H,9-10H2,1-6H3;4-9H,1-3H3. The number of halogens is 1. The number of pyridine rings is 2. The van der Waals surface area contributed by atoms with Crippen LogP contribution in [0.15, 0.2) is 118 Å². The SMILES string of the molecule is CC1CC(Nc2ccc(B3OC(C)(C)C(C)(C)O3)cc2C#N)CC(C)O1.COc1cc(C(=O)N(C)C)ccc1-c1cc2nccc(-c3ccc(NC4CC(C)OC(C)C4)c(C#N)c3)c2o1.COc1cc(C(=O)N(C)C)ccc1-c1cc2nccc(Cl)c2o1. The van der Waals surface area contributed by atoms with Crippen LogP contribution >= 0.6 is 11.6 Å². The number of carbonyl (C=O) groups excluding carboxylic acids is 2. The molecule has 458 valence electrons. The zero-order valence-corrected chi connectivity index (χ0v) is 53.2. The second kappa shape index (κ2) is 26.9. The molecular formula is C68H76BClN8O10. The van der Waals surface area contributed by atoms with Gasteiger partial charge in [-0.3, -0.25) is 19.6 Å². The Hall–Kier alpha value is -8.43. The lowest BCUT2D eigenvalue weighted by molar-refractivity contribution is -0.0340. The van der Waals surface area contributed by atoms with Crippen molar-refractivity contribution in [2.45, 2.75) is 129 Å². The second-order valence-electron chi connectivity index (χ2n) is 24.0. The number of benzene rings is 4. The van der Waals surface area contributed by atoms with Crippen molar-refractivity contribution in [1.29, 1.82) is 10.5 Å². The number of aromatic nitrogens is 2. The summed E-state index contributed by atoms with van der Waals surface area (Å²) in [5, 5.41) is 27.2. The van der Waals surface area contributed by atoms with Gasteiger partial charge in [0, 0.05) is 81.5 Å². The van der Waals surface area contributed by atoms with Crippen LogP contribution in [0.5, 0.6) is 11.5 Å². The maximum Gasteiger partial charge on any atom is 0.494 e. The lowest BCUT2D eigenvalue weighted by atomic mass is 9.78. The third-order valence-corrected chi connectivity index (χ3v) is 16.6. The predicted molar refractivity (Wildman–Crippen MR) is 343 cm³/mol. The van der Waals surface area contributed by atoms with E-state index in [2.05, 4.69) is 60.4 Å². The summed E-state index contributed by atoms with van der Waals surface area (Å²) in [6, 6.07) is 34.6. The Kier molecular flexibility index (Phi) is 19.6. The molecule has 2 N–H and O–H groups in total. The summed E-state index contributed by atoms with van der Waals surface area (Å²) < 4.78 is 47.0. The number of nitrogens with zero attached hydrogens (tertiary/aromatic N) is 6. The molecule has 0 spiro atoms. The molecule has 3 fully saturated rings. The van der Waals surface area contributed by atoms with E-state index in [0.717, 1.165) is 59.2 Å². The van der Waals surface area contributed by atoms with Crippen LogP contribution < -0.4 is 25.6 Å². The molecule has 4 aromatic carbocycles. The zero-order chi connectivity index (χ0) is 63.4. The molecule has 3 aliphatic heterocycles. The Morgan fingerprint density at radius 3 is 1.49 bits per heavy atom. The van der Waals surface area contributed by atoms with E-state index < -0.39 is 18.3 Å². The molecule has 20 heteroatoms. The van der Waals surface area contributed by atoms with Gasteiger partial charge >= 0.3 is 7.12 Å². The Morgan fingerprint density at radius 1 is 0.591 bits per heavy atom. The molecule has 11 rings (SSSR count). The summed E-state index contributed by atoms with van der Waals surface area (Å²) >= 11 is 6.12. The topological polar surface area (TPSA) is 220 Å². The summed E-state index contributed by atoms with van der Waals surface area (Å²) in [6.07, 6.45) is 7.83. The van der Waals surface area contributed by atoms with Crippen LogP contribution in [0.4, 0.5) is 11.4 Å². The van der Waals surface area contributed by atoms with E-state index in [1.807, 2.05) is 82.3 Å². The van der Waals surface area contributed by atoms with Gasteiger partial charge in [0.2, 0.25) is 0 Å². The van der Waals surface area contributed by atoms with Gasteiger partial charge in [-0.15, -0.1) is 0 Å². The summed E-state index contributed by atoms with van der Waals surface area (Å²) in [7, 11) is 9.49. The van der Waals surface area contributed by atoms with E-state index in [1.54, 1.807) is 97.3 Å². The molecule has 3 saturated heterocycles. The highest BCUT2D eigenvalue weighted by Gasteiger charge is 2.52. The third kappa shape index (κ3) is 14.3. The van der Waals surface area contributed by atoms with Gasteiger partial charge in [-0.05, 0) is 165 Å². The van der Waals surface area contributed by atoms with Crippen molar-refractivity contribution < 1.29 is 46.7 Å². The van der Waals surface area contributed by atoms with Gasteiger partial charge in [0.15, 0.2) is 11.2 Å². The van der Waals surface area contributed by atoms with Crippen molar-refractivity contribution in [1.82, 2.24) is 19.8 Å². The van der Waals surface area contributed by atoms with E-state index in [0.29, 0.717) is 84.1 Å². The van der Waals surface area contributed by atoms with Crippen LogP contribution in [-0.4, -0.2) is 129 Å². The number of methoxy groups -OCH3 is 2. The average molecular weight is 1210 g/mol. The molecule has 0 aliphatic carbocycles. The third-order valence-electron chi connectivity index (χ3n) is 16.3. The number of fused-ring (bicyclic) bond motifs is 2. The minimum absolute atomic E-state index is 0.0934. The Labute approximate surface area is 520 Å². The molecule has 4 unspecified atom stereocenters. The Morgan fingerprint density at radius 2 is 1.03 bits per heavy atom. The molecule has 3 aliphatic rings. The highest BCUT2D eigenvalue weighted by atomic mass is 35.5. The largest absolute Gasteiger partial charge is 0.496 e. The molecule has 88 heavy (non-hydrogen) atoms. The maximum atomic E-state index is 12.4. The van der Waals surface area contributed by atoms with E-state index in [9.17, 15) is 20.1 Å². The van der Waals surface area contributed by atoms with Crippen molar-refractivity contribution >= 4 is 69.6 Å². The number of hydrogen-bond donors (Lipinski definition) is 2. The first-order valence-electron chi connectivity index (χ1n) is 29.4. The van der Waals surface area contributed by atoms with Crippen molar-refractivity contribution in [3.8, 4) is 57.4 Å². The highest BCUT2D eigenvalue weighted by Crippen LogP contribution is 2.41. The molecule has 0 radical (unpaired) electrons. The number of furan rings is 2. The number of amides is 2. The van der Waals surface area contributed by atoms with Gasteiger partial charge in [-0.25, -0.2) is 0 Å². The fraction of sp³-hybridized carbons (Fsp3) is 0.382. The first kappa shape index (κ1) is 64.1. The summed E-state index contributed by atoms with van der Waals surface area (Å²) in [5.74, 6) is 2.04. The van der Waals surface area contributed by atoms with Crippen LogP contribution in [0.3, 0.4) is 0 Å². The number of ether oxygens (including phenoxy) is 4. The molecule has 8 aromatic rings. The lowest BCUT2D eigenvalue weighted by Crippen LogP contribution is -2.41. The van der Waals surface area contributed by atoms with E-state index in [-0.39, 0.29) is 42.3 Å². The molecule has 0 bridgehead atoms. The normalized spacial score (nSPS) is 20.1. The first-order chi connectivity index (χ1) is 41.9. The number of nitrogens with one attached hydrogen (secondary N) is 2. The number of hydrogen-bond acceptors (Lipinski definition) is 16. The van der Waals surface area contributed by atoms with Crippen molar-refractivity contribution in [3.63, 3.8) is 0 Å². The smallest absolute Gasteiger partial charge is 0.494 e. The van der Waals surface area contributed by atoms with Crippen molar-refractivity contribution in [2.24, 2.45) is 0 Å². The minimum atomic E-state index is -0.454. The quantitative estimate of drug-likeness (QED) is 0.109. The summed E-state index contributed by atoms with van der Waals surface area (Å²) in [4.78, 5) is 36.3. The van der Waals surface area contributed by atoms with Crippen LogP contribution in [0.1, 0.15) is 113 Å². The van der Waals surface area contributed by atoms with Gasteiger partial charge in [-0.1, -0.05) is 23.7 Å². The van der Waals surface area contributed by atoms with E-state index >= 15 is 0 Å². The Bertz CT molecular complexity index is 3910. The van der Waals surface area contributed by atoms with E-state index in [1.165, 1.54) is 9.80 Å². The van der Waals surface area contributed by atoms with Crippen LogP contribution in [0, 0.1) is 22.7 Å². The first-order valence-corrected chi connectivity index (χ1v) is 29.8. The highest BCUT2D eigenvalue weighted by molar-refractivity contribution is 6.62. The predicted octanol–water partition coefficient (Wildman–Crippen LogP) is 13.2. The zero-order valence-electron chi connectivity index (χ0n) is 52.4. The fourth-order valence-electron chi connectivity index (χ4n) is 11.2. The van der Waals surface area contributed by atoms with Gasteiger partial charge < -0.3 is 57.5 Å². The van der Waals surface area contributed by atoms with Crippen LogP contribution in [0.25, 0.3) is 56.0 Å². The second-order valence-corrected chi connectivity index (χ2v) is 24.5. The molecule has 0 saturated carbocycles. The molecule has 4 aromatic heterocycles. The van der Waals surface area contributed by atoms with Crippen molar-refractivity contribution in [3.05, 3.63) is 137 Å². The van der Waals surface area contributed by atoms with Crippen molar-refractivity contribution in [2.75, 3.05) is 53.0 Å². The Balaban J connectivity index is 0.000000165. The molecule has 18 nitrogen and oxygen atoms in total. The number of rotatable bonds is 12. The average Bonchev–Trinajstić information content (AvgIpc) is 1.80. The van der Waals surface area contributed by atoms with Gasteiger partial charge in [0.05, 0.1) is 88.5 Å². The maximum absolute atomic E-state index is 12.4. The molecule has 7 heterocycles. The minimum Gasteiger partial charge on any atom is -0.496 e. The number of nitriles is 2. The molecule has 4 atom stereocenters. The monoisotopic (exact) mass is 1210 g/mol. The lowest BCUT2D eigenvalue weighted by Gasteiger charge is -2.33. The summed E-state index contributed by atoms with van der Waals surface area (Å²) in [6.45, 7) is 16.5. The van der Waals surface area contributed by atoms with E-state index in [4.69, 9.17) is 48.7 Å². The van der Waals surface area contributed by atoms with Crippen LogP contribution in [-0.2, 0) is 18.8 Å². The fourth-order valence-corrected chi connectivity index (χ4v) is 11.4. The van der Waals surface area contributed by atoms with Gasteiger partial charge in [0.25, 0.3) is 11.8 Å². The van der Waals surface area contributed by atoms with Crippen LogP contribution in [0.2, 0.25) is 5.02 Å². The summed E-state index contributed by atoms with van der Waals surface area (Å²) in [5.41, 5.74) is 9.65. The van der Waals surface area contributed by atoms with Gasteiger partial charge in [-0.2, -0.15) is 10.5 Å². The number of anilines is 2. The molecular weight excluding hydrogens is 1140 g/mol.